The molecule has 24 heavy (non-hydrogen) atoms. The summed E-state index contributed by atoms with van der Waals surface area (Å²) in [6.07, 6.45) is 2.93. The molecule has 0 saturated carbocycles. The molecule has 0 spiro atoms. The second-order valence-corrected chi connectivity index (χ2v) is 6.07. The van der Waals surface area contributed by atoms with E-state index in [1.807, 2.05) is 38.1 Å². The monoisotopic (exact) mass is 330 g/mol. The highest BCUT2D eigenvalue weighted by molar-refractivity contribution is 5.93. The summed E-state index contributed by atoms with van der Waals surface area (Å²) in [5.74, 6) is 1.02. The lowest BCUT2D eigenvalue weighted by Crippen LogP contribution is -2.37. The Morgan fingerprint density at radius 2 is 2.21 bits per heavy atom. The van der Waals surface area contributed by atoms with E-state index in [4.69, 9.17) is 13.9 Å². The number of hydrogen-bond acceptors (Lipinski definition) is 5. The van der Waals surface area contributed by atoms with E-state index < -0.39 is 0 Å². The van der Waals surface area contributed by atoms with Crippen LogP contribution in [-0.2, 0) is 4.74 Å². The summed E-state index contributed by atoms with van der Waals surface area (Å²) >= 11 is 0. The first-order valence-corrected chi connectivity index (χ1v) is 8.19. The molecule has 1 aromatic heterocycles. The van der Waals surface area contributed by atoms with Crippen molar-refractivity contribution < 1.29 is 18.7 Å². The molecule has 1 fully saturated rings. The van der Waals surface area contributed by atoms with Crippen LogP contribution in [0.15, 0.2) is 35.1 Å². The highest BCUT2D eigenvalue weighted by Gasteiger charge is 2.28. The molecule has 0 unspecified atom stereocenters. The largest absolute Gasteiger partial charge is 0.491 e. The van der Waals surface area contributed by atoms with Gasteiger partial charge in [-0.05, 0) is 38.8 Å². The van der Waals surface area contributed by atoms with Gasteiger partial charge >= 0.3 is 0 Å². The van der Waals surface area contributed by atoms with Crippen molar-refractivity contribution in [3.05, 3.63) is 47.7 Å². The first kappa shape index (κ1) is 16.5. The van der Waals surface area contributed by atoms with Crippen LogP contribution in [0.2, 0.25) is 0 Å². The Kier molecular flexibility index (Phi) is 5.15. The highest BCUT2D eigenvalue weighted by atomic mass is 16.5. The van der Waals surface area contributed by atoms with Gasteiger partial charge in [0.25, 0.3) is 5.91 Å². The van der Waals surface area contributed by atoms with Gasteiger partial charge in [0.1, 0.15) is 18.5 Å². The normalized spacial score (nSPS) is 18.3. The molecule has 1 amide bonds. The van der Waals surface area contributed by atoms with Crippen molar-refractivity contribution in [2.75, 3.05) is 13.2 Å². The quantitative estimate of drug-likeness (QED) is 0.881. The number of aromatic nitrogens is 1. The minimum absolute atomic E-state index is 0.159. The molecule has 2 atom stereocenters. The lowest BCUT2D eigenvalue weighted by atomic mass is 10.1. The summed E-state index contributed by atoms with van der Waals surface area (Å²) < 4.78 is 16.6. The van der Waals surface area contributed by atoms with E-state index in [1.165, 1.54) is 12.0 Å². The molecule has 1 aliphatic rings. The predicted molar refractivity (Wildman–Crippen MR) is 88.0 cm³/mol. The van der Waals surface area contributed by atoms with Gasteiger partial charge in [0.15, 0.2) is 17.8 Å². The van der Waals surface area contributed by atoms with Crippen molar-refractivity contribution in [1.29, 1.82) is 0 Å². The van der Waals surface area contributed by atoms with Crippen LogP contribution in [0.1, 0.15) is 47.7 Å². The number of benzene rings is 1. The topological polar surface area (TPSA) is 73.6 Å². The van der Waals surface area contributed by atoms with Gasteiger partial charge < -0.3 is 19.2 Å². The van der Waals surface area contributed by atoms with Crippen LogP contribution in [0.25, 0.3) is 0 Å². The summed E-state index contributed by atoms with van der Waals surface area (Å²) in [7, 11) is 0. The average molecular weight is 330 g/mol. The Bertz CT molecular complexity index is 675. The second kappa shape index (κ2) is 7.49. The van der Waals surface area contributed by atoms with Gasteiger partial charge in [-0.25, -0.2) is 4.98 Å². The number of carbonyl (C=O) groups is 1. The molecular formula is C18H22N2O4. The minimum Gasteiger partial charge on any atom is -0.491 e. The minimum atomic E-state index is -0.269. The molecule has 1 N–H and O–H groups in total. The lowest BCUT2D eigenvalue weighted by molar-refractivity contribution is 0.0847. The smallest absolute Gasteiger partial charge is 0.273 e. The first-order valence-electron chi connectivity index (χ1n) is 8.19. The maximum absolute atomic E-state index is 12.4. The second-order valence-electron chi connectivity index (χ2n) is 6.07. The Morgan fingerprint density at radius 3 is 2.92 bits per heavy atom. The number of carbonyl (C=O) groups excluding carboxylic acids is 1. The van der Waals surface area contributed by atoms with Crippen LogP contribution in [0.5, 0.6) is 5.75 Å². The van der Waals surface area contributed by atoms with E-state index in [0.717, 1.165) is 18.6 Å². The summed E-state index contributed by atoms with van der Waals surface area (Å²) in [5, 5.41) is 2.89. The number of hydrogen-bond donors (Lipinski definition) is 1. The number of ether oxygens (including phenoxy) is 2. The van der Waals surface area contributed by atoms with Crippen molar-refractivity contribution >= 4 is 5.91 Å². The van der Waals surface area contributed by atoms with Crippen molar-refractivity contribution in [2.45, 2.75) is 38.8 Å². The third-order valence-electron chi connectivity index (χ3n) is 3.93. The molecule has 1 aromatic carbocycles. The van der Waals surface area contributed by atoms with Crippen LogP contribution >= 0.6 is 0 Å². The molecule has 0 bridgehead atoms. The van der Waals surface area contributed by atoms with E-state index >= 15 is 0 Å². The molecule has 2 heterocycles. The SMILES string of the molecule is Cc1ccc(OC[C@@H](C)NC(=O)c2ncoc2[C@@H]2CCCO2)cc1. The number of oxazole rings is 1. The summed E-state index contributed by atoms with van der Waals surface area (Å²) in [6.45, 7) is 4.98. The van der Waals surface area contributed by atoms with E-state index in [9.17, 15) is 4.79 Å². The van der Waals surface area contributed by atoms with Crippen LogP contribution in [0, 0.1) is 6.92 Å². The fraction of sp³-hybridized carbons (Fsp3) is 0.444. The molecule has 0 aliphatic carbocycles. The molecule has 0 radical (unpaired) electrons. The first-order chi connectivity index (χ1) is 11.6. The van der Waals surface area contributed by atoms with Gasteiger partial charge in [-0.2, -0.15) is 0 Å². The van der Waals surface area contributed by atoms with Crippen molar-refractivity contribution in [3.8, 4) is 5.75 Å². The van der Waals surface area contributed by atoms with E-state index in [0.29, 0.717) is 24.7 Å². The third kappa shape index (κ3) is 3.94. The maximum Gasteiger partial charge on any atom is 0.273 e. The zero-order chi connectivity index (χ0) is 16.9. The van der Waals surface area contributed by atoms with Gasteiger partial charge in [0.05, 0.1) is 6.04 Å². The molecule has 128 valence electrons. The van der Waals surface area contributed by atoms with Gasteiger partial charge in [-0.15, -0.1) is 0 Å². The van der Waals surface area contributed by atoms with E-state index in [-0.39, 0.29) is 18.1 Å². The highest BCUT2D eigenvalue weighted by Crippen LogP contribution is 2.30. The number of amides is 1. The van der Waals surface area contributed by atoms with Crippen molar-refractivity contribution in [3.63, 3.8) is 0 Å². The fourth-order valence-corrected chi connectivity index (χ4v) is 2.63. The molecule has 6 nitrogen and oxygen atoms in total. The third-order valence-corrected chi connectivity index (χ3v) is 3.93. The molecule has 1 saturated heterocycles. The van der Waals surface area contributed by atoms with Gasteiger partial charge in [0.2, 0.25) is 0 Å². The Balaban J connectivity index is 1.54. The number of nitrogens with zero attached hydrogens (tertiary/aromatic N) is 1. The van der Waals surface area contributed by atoms with Gasteiger partial charge in [0, 0.05) is 6.61 Å². The standard InChI is InChI=1S/C18H22N2O4/c1-12-5-7-14(8-6-12)23-10-13(2)20-18(21)16-17(24-11-19-16)15-4-3-9-22-15/h5-8,11,13,15H,3-4,9-10H2,1-2H3,(H,20,21)/t13-,15+/m1/s1. The molecule has 6 heteroatoms. The van der Waals surface area contributed by atoms with Crippen molar-refractivity contribution in [2.24, 2.45) is 0 Å². The Hall–Kier alpha value is -2.34. The number of rotatable bonds is 6. The summed E-state index contributed by atoms with van der Waals surface area (Å²) in [4.78, 5) is 16.4. The Labute approximate surface area is 141 Å². The zero-order valence-corrected chi connectivity index (χ0v) is 14.0. The molecule has 3 rings (SSSR count). The number of nitrogens with one attached hydrogen (secondary N) is 1. The van der Waals surface area contributed by atoms with Crippen molar-refractivity contribution in [1.82, 2.24) is 10.3 Å². The maximum atomic E-state index is 12.4. The molecule has 2 aromatic rings. The van der Waals surface area contributed by atoms with Crippen LogP contribution in [-0.4, -0.2) is 30.1 Å². The van der Waals surface area contributed by atoms with Crippen LogP contribution < -0.4 is 10.1 Å². The summed E-state index contributed by atoms with van der Waals surface area (Å²) in [6, 6.07) is 7.64. The predicted octanol–water partition coefficient (Wildman–Crippen LogP) is 3.03. The average Bonchev–Trinajstić information content (AvgIpc) is 3.25. The van der Waals surface area contributed by atoms with E-state index in [2.05, 4.69) is 10.3 Å². The van der Waals surface area contributed by atoms with Gasteiger partial charge in [-0.1, -0.05) is 17.7 Å². The fourth-order valence-electron chi connectivity index (χ4n) is 2.63. The van der Waals surface area contributed by atoms with E-state index in [1.54, 1.807) is 0 Å². The van der Waals surface area contributed by atoms with Gasteiger partial charge in [-0.3, -0.25) is 4.79 Å². The van der Waals surface area contributed by atoms with Crippen LogP contribution in [0.3, 0.4) is 0 Å². The molecular weight excluding hydrogens is 308 g/mol. The van der Waals surface area contributed by atoms with Crippen LogP contribution in [0.4, 0.5) is 0 Å². The number of aryl methyl sites for hydroxylation is 1. The zero-order valence-electron chi connectivity index (χ0n) is 14.0. The summed E-state index contributed by atoms with van der Waals surface area (Å²) in [5.41, 5.74) is 1.47. The lowest BCUT2D eigenvalue weighted by Gasteiger charge is -2.15. The Morgan fingerprint density at radius 1 is 1.42 bits per heavy atom. The molecule has 1 aliphatic heterocycles.